The summed E-state index contributed by atoms with van der Waals surface area (Å²) in [6, 6.07) is 0.771. The Bertz CT molecular complexity index is 138. The molecular weight excluding hydrogens is 170 g/mol. The molecular formula is C13H27N. The third-order valence-corrected chi connectivity index (χ3v) is 2.98. The van der Waals surface area contributed by atoms with Crippen LogP contribution in [-0.2, 0) is 0 Å². The fourth-order valence-electron chi connectivity index (χ4n) is 2.10. The molecule has 0 unspecified atom stereocenters. The van der Waals surface area contributed by atoms with Gasteiger partial charge in [-0.05, 0) is 31.7 Å². The fourth-order valence-corrected chi connectivity index (χ4v) is 2.10. The Morgan fingerprint density at radius 1 is 1.21 bits per heavy atom. The van der Waals surface area contributed by atoms with Crippen LogP contribution in [-0.4, -0.2) is 24.0 Å². The second-order valence-electron chi connectivity index (χ2n) is 4.19. The number of rotatable bonds is 8. The molecule has 0 fully saturated rings. The molecule has 0 saturated heterocycles. The van der Waals surface area contributed by atoms with Crippen LogP contribution in [0.5, 0.6) is 0 Å². The quantitative estimate of drug-likeness (QED) is 0.536. The second-order valence-corrected chi connectivity index (χ2v) is 4.19. The number of nitrogens with zero attached hydrogens (tertiary/aromatic N) is 1. The first-order valence-corrected chi connectivity index (χ1v) is 6.04. The fraction of sp³-hybridized carbons (Fsp3) is 0.846. The lowest BCUT2D eigenvalue weighted by Crippen LogP contribution is -2.37. The van der Waals surface area contributed by atoms with Crippen molar-refractivity contribution in [1.82, 2.24) is 4.90 Å². The number of hydrogen-bond donors (Lipinski definition) is 0. The van der Waals surface area contributed by atoms with Gasteiger partial charge < -0.3 is 4.90 Å². The Labute approximate surface area is 90.2 Å². The zero-order valence-electron chi connectivity index (χ0n) is 10.4. The van der Waals surface area contributed by atoms with Crippen molar-refractivity contribution in [1.29, 1.82) is 0 Å². The summed E-state index contributed by atoms with van der Waals surface area (Å²) in [7, 11) is 0. The molecule has 14 heavy (non-hydrogen) atoms. The molecule has 0 bridgehead atoms. The summed E-state index contributed by atoms with van der Waals surface area (Å²) in [6.07, 6.45) is 5.71. The van der Waals surface area contributed by atoms with Crippen molar-refractivity contribution in [3.8, 4) is 0 Å². The highest BCUT2D eigenvalue weighted by Crippen LogP contribution is 2.12. The van der Waals surface area contributed by atoms with E-state index in [2.05, 4.69) is 39.2 Å². The van der Waals surface area contributed by atoms with E-state index >= 15 is 0 Å². The van der Waals surface area contributed by atoms with E-state index in [0.29, 0.717) is 0 Å². The average molecular weight is 197 g/mol. The molecule has 0 N–H and O–H groups in total. The van der Waals surface area contributed by atoms with Crippen molar-refractivity contribution < 1.29 is 0 Å². The van der Waals surface area contributed by atoms with Gasteiger partial charge in [-0.1, -0.05) is 33.8 Å². The van der Waals surface area contributed by atoms with E-state index in [0.717, 1.165) is 18.4 Å². The molecule has 0 aromatic carbocycles. The first kappa shape index (κ1) is 13.7. The Balaban J connectivity index is 4.04. The molecule has 0 spiro atoms. The highest BCUT2D eigenvalue weighted by molar-refractivity contribution is 4.75. The summed E-state index contributed by atoms with van der Waals surface area (Å²) in [6.45, 7) is 15.3. The summed E-state index contributed by atoms with van der Waals surface area (Å²) in [5, 5.41) is 0. The Kier molecular flexibility index (Phi) is 7.87. The van der Waals surface area contributed by atoms with Crippen LogP contribution in [0.15, 0.2) is 12.7 Å². The maximum absolute atomic E-state index is 3.80. The number of hydrogen-bond acceptors (Lipinski definition) is 1. The lowest BCUT2D eigenvalue weighted by atomic mass is 10.0. The number of allylic oxidation sites excluding steroid dienone is 1. The maximum Gasteiger partial charge on any atom is 0.00900 e. The first-order valence-electron chi connectivity index (χ1n) is 6.04. The SMILES string of the molecule is C=CC[C@@H](C)CN(CC)C(CC)CC. The van der Waals surface area contributed by atoms with E-state index in [1.807, 2.05) is 6.08 Å². The predicted octanol–water partition coefficient (Wildman–Crippen LogP) is 3.71. The minimum Gasteiger partial charge on any atom is -0.300 e. The van der Waals surface area contributed by atoms with Crippen molar-refractivity contribution >= 4 is 0 Å². The van der Waals surface area contributed by atoms with Crippen molar-refractivity contribution in [2.45, 2.75) is 53.0 Å². The smallest absolute Gasteiger partial charge is 0.00900 e. The van der Waals surface area contributed by atoms with Gasteiger partial charge in [0.2, 0.25) is 0 Å². The van der Waals surface area contributed by atoms with Gasteiger partial charge >= 0.3 is 0 Å². The maximum atomic E-state index is 3.80. The van der Waals surface area contributed by atoms with Crippen LogP contribution >= 0.6 is 0 Å². The standard InChI is InChI=1S/C13H27N/c1-6-10-12(5)11-14(9-4)13(7-2)8-3/h6,12-13H,1,7-11H2,2-5H3/t12-/m1/s1. The molecule has 1 atom stereocenters. The highest BCUT2D eigenvalue weighted by Gasteiger charge is 2.14. The first-order chi connectivity index (χ1) is 6.69. The van der Waals surface area contributed by atoms with Gasteiger partial charge in [0.1, 0.15) is 0 Å². The van der Waals surface area contributed by atoms with Crippen molar-refractivity contribution in [3.63, 3.8) is 0 Å². The molecule has 0 aromatic rings. The molecule has 0 heterocycles. The zero-order valence-corrected chi connectivity index (χ0v) is 10.4. The summed E-state index contributed by atoms with van der Waals surface area (Å²) < 4.78 is 0. The monoisotopic (exact) mass is 197 g/mol. The topological polar surface area (TPSA) is 3.24 Å². The summed E-state index contributed by atoms with van der Waals surface area (Å²) >= 11 is 0. The lowest BCUT2D eigenvalue weighted by Gasteiger charge is -2.31. The normalized spacial score (nSPS) is 13.6. The molecule has 0 aliphatic rings. The van der Waals surface area contributed by atoms with E-state index in [9.17, 15) is 0 Å². The van der Waals surface area contributed by atoms with Crippen molar-refractivity contribution in [2.24, 2.45) is 5.92 Å². The van der Waals surface area contributed by atoms with Crippen LogP contribution in [0.4, 0.5) is 0 Å². The van der Waals surface area contributed by atoms with E-state index in [1.165, 1.54) is 25.9 Å². The van der Waals surface area contributed by atoms with E-state index in [1.54, 1.807) is 0 Å². The summed E-state index contributed by atoms with van der Waals surface area (Å²) in [5.74, 6) is 0.744. The van der Waals surface area contributed by atoms with Gasteiger partial charge in [-0.25, -0.2) is 0 Å². The lowest BCUT2D eigenvalue weighted by molar-refractivity contribution is 0.171. The van der Waals surface area contributed by atoms with Crippen LogP contribution in [0.3, 0.4) is 0 Å². The molecule has 1 nitrogen and oxygen atoms in total. The average Bonchev–Trinajstić information content (AvgIpc) is 2.18. The molecule has 0 saturated carbocycles. The molecule has 0 aliphatic carbocycles. The molecule has 0 amide bonds. The van der Waals surface area contributed by atoms with E-state index in [4.69, 9.17) is 0 Å². The van der Waals surface area contributed by atoms with Crippen molar-refractivity contribution in [3.05, 3.63) is 12.7 Å². The highest BCUT2D eigenvalue weighted by atomic mass is 15.1. The van der Waals surface area contributed by atoms with Gasteiger partial charge in [-0.15, -0.1) is 6.58 Å². The van der Waals surface area contributed by atoms with Gasteiger partial charge in [-0.2, -0.15) is 0 Å². The largest absolute Gasteiger partial charge is 0.300 e. The second kappa shape index (κ2) is 8.05. The van der Waals surface area contributed by atoms with Crippen LogP contribution in [0.2, 0.25) is 0 Å². The van der Waals surface area contributed by atoms with Crippen molar-refractivity contribution in [2.75, 3.05) is 13.1 Å². The summed E-state index contributed by atoms with van der Waals surface area (Å²) in [4.78, 5) is 2.61. The minimum atomic E-state index is 0.744. The van der Waals surface area contributed by atoms with Crippen LogP contribution in [0.1, 0.15) is 47.0 Å². The van der Waals surface area contributed by atoms with Gasteiger partial charge in [0.25, 0.3) is 0 Å². The van der Waals surface area contributed by atoms with Gasteiger partial charge in [0, 0.05) is 12.6 Å². The van der Waals surface area contributed by atoms with Gasteiger partial charge in [0.15, 0.2) is 0 Å². The Morgan fingerprint density at radius 2 is 1.79 bits per heavy atom. The predicted molar refractivity (Wildman–Crippen MR) is 65.6 cm³/mol. The molecule has 1 heteroatoms. The molecule has 0 rings (SSSR count). The van der Waals surface area contributed by atoms with Gasteiger partial charge in [-0.3, -0.25) is 0 Å². The molecule has 0 radical (unpaired) electrons. The van der Waals surface area contributed by atoms with Gasteiger partial charge in [0.05, 0.1) is 0 Å². The Hall–Kier alpha value is -0.300. The zero-order chi connectivity index (χ0) is 11.0. The van der Waals surface area contributed by atoms with E-state index < -0.39 is 0 Å². The third-order valence-electron chi connectivity index (χ3n) is 2.98. The van der Waals surface area contributed by atoms with Crippen LogP contribution in [0, 0.1) is 5.92 Å². The minimum absolute atomic E-state index is 0.744. The van der Waals surface area contributed by atoms with Crippen LogP contribution in [0.25, 0.3) is 0 Å². The third kappa shape index (κ3) is 4.80. The molecule has 84 valence electrons. The van der Waals surface area contributed by atoms with E-state index in [-0.39, 0.29) is 0 Å². The summed E-state index contributed by atoms with van der Waals surface area (Å²) in [5.41, 5.74) is 0. The van der Waals surface area contributed by atoms with Crippen LogP contribution < -0.4 is 0 Å². The molecule has 0 aliphatic heterocycles. The molecule has 0 aromatic heterocycles. The Morgan fingerprint density at radius 3 is 2.14 bits per heavy atom.